The fourth-order valence-electron chi connectivity index (χ4n) is 2.04. The molecule has 0 spiro atoms. The normalized spacial score (nSPS) is 10.5. The molecule has 0 amide bonds. The molecule has 0 atom stereocenters. The third-order valence-corrected chi connectivity index (χ3v) is 3.99. The van der Waals surface area contributed by atoms with E-state index in [1.54, 1.807) is 37.4 Å². The van der Waals surface area contributed by atoms with Crippen LogP contribution in [-0.4, -0.2) is 17.3 Å². The van der Waals surface area contributed by atoms with Crippen LogP contribution in [-0.2, 0) is 6.61 Å². The molecular formula is C16H14FN3O2S. The maximum Gasteiger partial charge on any atom is 0.203 e. The van der Waals surface area contributed by atoms with Crippen LogP contribution in [0, 0.1) is 5.82 Å². The lowest BCUT2D eigenvalue weighted by molar-refractivity contribution is 0.280. The Morgan fingerprint density at radius 1 is 1.13 bits per heavy atom. The van der Waals surface area contributed by atoms with Crippen LogP contribution >= 0.6 is 11.3 Å². The standard InChI is InChI=1S/C16H14FN3O2S/c1-21-14-8-10(15-19-20-16(18)23-15)6-7-13(14)22-9-11-4-2-3-5-12(11)17/h2-8H,9H2,1H3,(H2,18,20). The van der Waals surface area contributed by atoms with E-state index in [9.17, 15) is 4.39 Å². The number of anilines is 1. The lowest BCUT2D eigenvalue weighted by atomic mass is 10.2. The van der Waals surface area contributed by atoms with Crippen molar-refractivity contribution in [3.63, 3.8) is 0 Å². The Balaban J connectivity index is 1.81. The number of nitrogen functional groups attached to an aromatic ring is 1. The number of hydrogen-bond donors (Lipinski definition) is 1. The average Bonchev–Trinajstić information content (AvgIpc) is 3.00. The minimum absolute atomic E-state index is 0.119. The zero-order chi connectivity index (χ0) is 16.2. The first kappa shape index (κ1) is 15.2. The summed E-state index contributed by atoms with van der Waals surface area (Å²) in [7, 11) is 1.55. The quantitative estimate of drug-likeness (QED) is 0.774. The van der Waals surface area contributed by atoms with Gasteiger partial charge in [-0.05, 0) is 24.3 Å². The van der Waals surface area contributed by atoms with E-state index in [4.69, 9.17) is 15.2 Å². The van der Waals surface area contributed by atoms with Crippen molar-refractivity contribution in [3.05, 3.63) is 53.8 Å². The fourth-order valence-corrected chi connectivity index (χ4v) is 2.65. The zero-order valence-corrected chi connectivity index (χ0v) is 13.1. The summed E-state index contributed by atoms with van der Waals surface area (Å²) in [5.41, 5.74) is 6.91. The largest absolute Gasteiger partial charge is 0.493 e. The Kier molecular flexibility index (Phi) is 4.38. The highest BCUT2D eigenvalue weighted by molar-refractivity contribution is 7.18. The summed E-state index contributed by atoms with van der Waals surface area (Å²) >= 11 is 1.29. The van der Waals surface area contributed by atoms with Gasteiger partial charge in [0.25, 0.3) is 0 Å². The maximum absolute atomic E-state index is 13.6. The Labute approximate surface area is 136 Å². The summed E-state index contributed by atoms with van der Waals surface area (Å²) in [6.07, 6.45) is 0. The van der Waals surface area contributed by atoms with Crippen molar-refractivity contribution in [2.45, 2.75) is 6.61 Å². The molecule has 2 aromatic carbocycles. The molecule has 1 aromatic heterocycles. The van der Waals surface area contributed by atoms with Crippen molar-refractivity contribution in [1.29, 1.82) is 0 Å². The zero-order valence-electron chi connectivity index (χ0n) is 12.3. The van der Waals surface area contributed by atoms with E-state index >= 15 is 0 Å². The Morgan fingerprint density at radius 2 is 1.96 bits per heavy atom. The fraction of sp³-hybridized carbons (Fsp3) is 0.125. The highest BCUT2D eigenvalue weighted by atomic mass is 32.1. The van der Waals surface area contributed by atoms with Gasteiger partial charge in [-0.15, -0.1) is 10.2 Å². The van der Waals surface area contributed by atoms with Gasteiger partial charge in [0.15, 0.2) is 11.5 Å². The average molecular weight is 331 g/mol. The Morgan fingerprint density at radius 3 is 2.65 bits per heavy atom. The van der Waals surface area contributed by atoms with E-state index in [1.807, 2.05) is 6.07 Å². The monoisotopic (exact) mass is 331 g/mol. The summed E-state index contributed by atoms with van der Waals surface area (Å²) in [6, 6.07) is 11.9. The van der Waals surface area contributed by atoms with Gasteiger partial charge in [-0.1, -0.05) is 29.5 Å². The van der Waals surface area contributed by atoms with Crippen molar-refractivity contribution in [3.8, 4) is 22.1 Å². The molecule has 23 heavy (non-hydrogen) atoms. The highest BCUT2D eigenvalue weighted by Gasteiger charge is 2.11. The summed E-state index contributed by atoms with van der Waals surface area (Å²) in [5, 5.41) is 8.88. The molecule has 2 N–H and O–H groups in total. The van der Waals surface area contributed by atoms with E-state index in [-0.39, 0.29) is 12.4 Å². The van der Waals surface area contributed by atoms with Crippen LogP contribution < -0.4 is 15.2 Å². The van der Waals surface area contributed by atoms with Gasteiger partial charge in [0, 0.05) is 11.1 Å². The second-order valence-corrected chi connectivity index (χ2v) is 5.70. The molecule has 0 bridgehead atoms. The Hall–Kier alpha value is -2.67. The van der Waals surface area contributed by atoms with Crippen molar-refractivity contribution >= 4 is 16.5 Å². The van der Waals surface area contributed by atoms with E-state index in [1.165, 1.54) is 17.4 Å². The molecule has 5 nitrogen and oxygen atoms in total. The van der Waals surface area contributed by atoms with Crippen LogP contribution in [0.25, 0.3) is 10.6 Å². The van der Waals surface area contributed by atoms with Gasteiger partial charge < -0.3 is 15.2 Å². The van der Waals surface area contributed by atoms with Crippen LogP contribution in [0.5, 0.6) is 11.5 Å². The van der Waals surface area contributed by atoms with Crippen LogP contribution in [0.4, 0.5) is 9.52 Å². The molecule has 0 unspecified atom stereocenters. The Bertz CT molecular complexity index is 823. The van der Waals surface area contributed by atoms with Crippen LogP contribution in [0.1, 0.15) is 5.56 Å². The molecule has 118 valence electrons. The molecule has 1 heterocycles. The van der Waals surface area contributed by atoms with Gasteiger partial charge in [-0.3, -0.25) is 0 Å². The summed E-state index contributed by atoms with van der Waals surface area (Å²) in [4.78, 5) is 0. The van der Waals surface area contributed by atoms with Crippen molar-refractivity contribution < 1.29 is 13.9 Å². The van der Waals surface area contributed by atoms with E-state index in [2.05, 4.69) is 10.2 Å². The summed E-state index contributed by atoms with van der Waals surface area (Å²) in [6.45, 7) is 0.119. The summed E-state index contributed by atoms with van der Waals surface area (Å²) < 4.78 is 24.6. The molecule has 0 saturated heterocycles. The molecule has 0 radical (unpaired) electrons. The summed E-state index contributed by atoms with van der Waals surface area (Å²) in [5.74, 6) is 0.761. The molecule has 3 rings (SSSR count). The van der Waals surface area contributed by atoms with Gasteiger partial charge in [0.2, 0.25) is 5.13 Å². The minimum atomic E-state index is -0.299. The van der Waals surface area contributed by atoms with Gasteiger partial charge in [-0.25, -0.2) is 4.39 Å². The molecule has 0 saturated carbocycles. The van der Waals surface area contributed by atoms with Crippen LogP contribution in [0.2, 0.25) is 0 Å². The lowest BCUT2D eigenvalue weighted by Gasteiger charge is -2.12. The molecule has 0 aliphatic heterocycles. The SMILES string of the molecule is COc1cc(-c2nnc(N)s2)ccc1OCc1ccccc1F. The number of nitrogens with zero attached hydrogens (tertiary/aromatic N) is 2. The van der Waals surface area contributed by atoms with E-state index in [0.717, 1.165) is 5.56 Å². The second kappa shape index (κ2) is 6.62. The van der Waals surface area contributed by atoms with E-state index in [0.29, 0.717) is 27.2 Å². The first-order valence-electron chi connectivity index (χ1n) is 6.81. The number of rotatable bonds is 5. The smallest absolute Gasteiger partial charge is 0.203 e. The third kappa shape index (κ3) is 3.40. The molecule has 0 fully saturated rings. The number of benzene rings is 2. The number of aromatic nitrogens is 2. The molecular weight excluding hydrogens is 317 g/mol. The molecule has 0 aliphatic carbocycles. The van der Waals surface area contributed by atoms with Gasteiger partial charge in [0.1, 0.15) is 17.4 Å². The number of hydrogen-bond acceptors (Lipinski definition) is 6. The molecule has 7 heteroatoms. The predicted molar refractivity (Wildman–Crippen MR) is 87.0 cm³/mol. The first-order chi connectivity index (χ1) is 11.2. The highest BCUT2D eigenvalue weighted by Crippen LogP contribution is 2.34. The van der Waals surface area contributed by atoms with Crippen LogP contribution in [0.3, 0.4) is 0 Å². The van der Waals surface area contributed by atoms with Crippen molar-refractivity contribution in [2.24, 2.45) is 0 Å². The van der Waals surface area contributed by atoms with Gasteiger partial charge in [-0.2, -0.15) is 0 Å². The van der Waals surface area contributed by atoms with Gasteiger partial charge >= 0.3 is 0 Å². The second-order valence-electron chi connectivity index (χ2n) is 4.69. The molecule has 3 aromatic rings. The van der Waals surface area contributed by atoms with Crippen molar-refractivity contribution in [2.75, 3.05) is 12.8 Å². The third-order valence-electron chi connectivity index (χ3n) is 3.19. The van der Waals surface area contributed by atoms with E-state index < -0.39 is 0 Å². The number of ether oxygens (including phenoxy) is 2. The van der Waals surface area contributed by atoms with Gasteiger partial charge in [0.05, 0.1) is 7.11 Å². The predicted octanol–water partition coefficient (Wildman–Crippen LogP) is 3.51. The molecule has 0 aliphatic rings. The maximum atomic E-state index is 13.6. The lowest BCUT2D eigenvalue weighted by Crippen LogP contribution is -2.00. The number of nitrogens with two attached hydrogens (primary N) is 1. The number of methoxy groups -OCH3 is 1. The topological polar surface area (TPSA) is 70.3 Å². The van der Waals surface area contributed by atoms with Crippen molar-refractivity contribution in [1.82, 2.24) is 10.2 Å². The first-order valence-corrected chi connectivity index (χ1v) is 7.62. The number of halogens is 1. The van der Waals surface area contributed by atoms with Crippen LogP contribution in [0.15, 0.2) is 42.5 Å². The minimum Gasteiger partial charge on any atom is -0.493 e.